The van der Waals surface area contributed by atoms with Crippen molar-refractivity contribution in [3.8, 4) is 0 Å². The van der Waals surface area contributed by atoms with Gasteiger partial charge in [-0.25, -0.2) is 0 Å². The first kappa shape index (κ1) is 38.4. The first-order chi connectivity index (χ1) is 20.4. The summed E-state index contributed by atoms with van der Waals surface area (Å²) in [6.07, 6.45) is 41.8. The molecule has 3 heteroatoms. The van der Waals surface area contributed by atoms with Gasteiger partial charge in [0, 0.05) is 38.1 Å². The number of nitrogens with one attached hydrogen (secondary N) is 1. The third-order valence-corrected chi connectivity index (χ3v) is 8.74. The van der Waals surface area contributed by atoms with Gasteiger partial charge in [0.2, 0.25) is 0 Å². The first-order valence-corrected chi connectivity index (χ1v) is 18.5. The third-order valence-electron chi connectivity index (χ3n) is 8.74. The molecule has 0 unspecified atom stereocenters. The van der Waals surface area contributed by atoms with Gasteiger partial charge in [-0.2, -0.15) is 0 Å². The molecule has 1 aliphatic rings. The Morgan fingerprint density at radius 1 is 0.439 bits per heavy atom. The molecule has 0 aromatic heterocycles. The molecule has 0 aromatic carbocycles. The van der Waals surface area contributed by atoms with E-state index >= 15 is 0 Å². The molecule has 0 aliphatic carbocycles. The summed E-state index contributed by atoms with van der Waals surface area (Å²) in [5.74, 6) is 1.25. The van der Waals surface area contributed by atoms with Gasteiger partial charge in [0.25, 0.3) is 0 Å². The van der Waals surface area contributed by atoms with E-state index in [9.17, 15) is 0 Å². The van der Waals surface area contributed by atoms with E-state index in [0.29, 0.717) is 11.8 Å². The highest BCUT2D eigenvalue weighted by molar-refractivity contribution is 4.82. The maximum atomic E-state index is 6.08. The van der Waals surface area contributed by atoms with Crippen molar-refractivity contribution in [2.24, 2.45) is 11.8 Å². The van der Waals surface area contributed by atoms with Gasteiger partial charge in [-0.3, -0.25) is 0 Å². The van der Waals surface area contributed by atoms with Crippen molar-refractivity contribution in [1.29, 1.82) is 0 Å². The van der Waals surface area contributed by atoms with Crippen LogP contribution in [0.4, 0.5) is 0 Å². The highest BCUT2D eigenvalue weighted by Gasteiger charge is 2.27. The second-order valence-corrected chi connectivity index (χ2v) is 12.8. The van der Waals surface area contributed by atoms with E-state index in [-0.39, 0.29) is 0 Å². The molecule has 1 fully saturated rings. The van der Waals surface area contributed by atoms with Crippen LogP contribution in [0, 0.1) is 11.8 Å². The smallest absolute Gasteiger partial charge is 0.0510 e. The van der Waals surface area contributed by atoms with Gasteiger partial charge in [0.1, 0.15) is 0 Å². The maximum Gasteiger partial charge on any atom is 0.0510 e. The number of hydrogen-bond donors (Lipinski definition) is 1. The minimum atomic E-state index is 0.625. The van der Waals surface area contributed by atoms with E-state index in [1.54, 1.807) is 0 Å². The van der Waals surface area contributed by atoms with Crippen LogP contribution in [0.3, 0.4) is 0 Å². The number of unbranched alkanes of at least 4 members (excludes halogenated alkanes) is 20. The fourth-order valence-corrected chi connectivity index (χ4v) is 5.84. The fourth-order valence-electron chi connectivity index (χ4n) is 5.84. The highest BCUT2D eigenvalue weighted by atomic mass is 16.5. The van der Waals surface area contributed by atoms with Crippen molar-refractivity contribution in [3.63, 3.8) is 0 Å². The summed E-state index contributed by atoms with van der Waals surface area (Å²) in [6.45, 7) is 10.4. The Bertz CT molecular complexity index is 512. The molecule has 0 aromatic rings. The molecule has 3 nitrogen and oxygen atoms in total. The molecule has 1 rings (SSSR count). The summed E-state index contributed by atoms with van der Waals surface area (Å²) in [5.41, 5.74) is 0. The van der Waals surface area contributed by atoms with Crippen LogP contribution in [0.2, 0.25) is 0 Å². The van der Waals surface area contributed by atoms with Crippen LogP contribution in [0.15, 0.2) is 24.3 Å². The van der Waals surface area contributed by atoms with Crippen molar-refractivity contribution < 1.29 is 9.47 Å². The number of rotatable bonds is 32. The van der Waals surface area contributed by atoms with E-state index in [4.69, 9.17) is 9.47 Å². The van der Waals surface area contributed by atoms with Crippen molar-refractivity contribution >= 4 is 0 Å². The molecule has 0 radical (unpaired) electrons. The molecule has 1 saturated heterocycles. The Hall–Kier alpha value is -0.640. The third kappa shape index (κ3) is 26.7. The lowest BCUT2D eigenvalue weighted by atomic mass is 9.98. The summed E-state index contributed by atoms with van der Waals surface area (Å²) in [7, 11) is 0. The standard InChI is InChI=1S/C38H73NO2/c1-3-5-7-9-11-13-15-17-19-21-23-25-27-29-31-40-35-37-33-39-34-38(37)36-41-32-30-28-26-24-22-20-18-16-14-12-10-8-6-4-2/h13-16,37-39H,3-12,17-36H2,1-2H3/b15-13-,16-14-/t37-,38-/m1/s1. The zero-order valence-electron chi connectivity index (χ0n) is 28.0. The topological polar surface area (TPSA) is 30.5 Å². The minimum Gasteiger partial charge on any atom is -0.381 e. The Labute approximate surface area is 258 Å². The molecule has 0 spiro atoms. The predicted molar refractivity (Wildman–Crippen MR) is 182 cm³/mol. The predicted octanol–water partition coefficient (Wildman–Crippen LogP) is 11.4. The lowest BCUT2D eigenvalue weighted by Crippen LogP contribution is -2.23. The summed E-state index contributed by atoms with van der Waals surface area (Å²) < 4.78 is 12.2. The molecule has 0 amide bonds. The van der Waals surface area contributed by atoms with Crippen LogP contribution >= 0.6 is 0 Å². The lowest BCUT2D eigenvalue weighted by Gasteiger charge is -2.18. The van der Waals surface area contributed by atoms with Crippen LogP contribution in [0.25, 0.3) is 0 Å². The van der Waals surface area contributed by atoms with E-state index in [2.05, 4.69) is 43.5 Å². The van der Waals surface area contributed by atoms with E-state index in [1.807, 2.05) is 0 Å². The molecular formula is C38H73NO2. The molecule has 242 valence electrons. The number of allylic oxidation sites excluding steroid dienone is 4. The Kier molecular flexibility index (Phi) is 30.2. The van der Waals surface area contributed by atoms with Gasteiger partial charge in [0.05, 0.1) is 13.2 Å². The van der Waals surface area contributed by atoms with Crippen molar-refractivity contribution in [3.05, 3.63) is 24.3 Å². The van der Waals surface area contributed by atoms with Gasteiger partial charge >= 0.3 is 0 Å². The van der Waals surface area contributed by atoms with E-state index < -0.39 is 0 Å². The average Bonchev–Trinajstić information content (AvgIpc) is 3.43. The minimum absolute atomic E-state index is 0.625. The van der Waals surface area contributed by atoms with Gasteiger partial charge in [-0.05, 0) is 64.2 Å². The first-order valence-electron chi connectivity index (χ1n) is 18.5. The molecule has 41 heavy (non-hydrogen) atoms. The SMILES string of the molecule is CCCCCC/C=C\CCCCCCCCOC[C@H]1CNC[C@@H]1COCCCCCCCC/C=C\CCCCCC. The molecule has 2 atom stereocenters. The van der Waals surface area contributed by atoms with Gasteiger partial charge in [-0.15, -0.1) is 0 Å². The molecule has 1 heterocycles. The van der Waals surface area contributed by atoms with Crippen LogP contribution in [-0.4, -0.2) is 39.5 Å². The molecule has 0 bridgehead atoms. The second-order valence-electron chi connectivity index (χ2n) is 12.8. The van der Waals surface area contributed by atoms with Crippen molar-refractivity contribution in [2.45, 2.75) is 168 Å². The zero-order valence-corrected chi connectivity index (χ0v) is 28.0. The van der Waals surface area contributed by atoms with Crippen molar-refractivity contribution in [2.75, 3.05) is 39.5 Å². The van der Waals surface area contributed by atoms with E-state index in [0.717, 1.165) is 39.5 Å². The van der Waals surface area contributed by atoms with Gasteiger partial charge < -0.3 is 14.8 Å². The van der Waals surface area contributed by atoms with Crippen LogP contribution in [0.5, 0.6) is 0 Å². The van der Waals surface area contributed by atoms with Crippen LogP contribution in [0.1, 0.15) is 168 Å². The molecular weight excluding hydrogens is 502 g/mol. The normalized spacial score (nSPS) is 17.5. The van der Waals surface area contributed by atoms with Crippen LogP contribution in [-0.2, 0) is 9.47 Å². The van der Waals surface area contributed by atoms with Gasteiger partial charge in [-0.1, -0.05) is 128 Å². The number of hydrogen-bond acceptors (Lipinski definition) is 3. The Morgan fingerprint density at radius 2 is 0.756 bits per heavy atom. The Morgan fingerprint density at radius 3 is 1.12 bits per heavy atom. The second kappa shape index (κ2) is 32.3. The quantitative estimate of drug-likeness (QED) is 0.0639. The van der Waals surface area contributed by atoms with Crippen LogP contribution < -0.4 is 5.32 Å². The summed E-state index contributed by atoms with van der Waals surface area (Å²) in [4.78, 5) is 0. The van der Waals surface area contributed by atoms with E-state index in [1.165, 1.54) is 154 Å². The molecule has 1 N–H and O–H groups in total. The Balaban J connectivity index is 1.82. The lowest BCUT2D eigenvalue weighted by molar-refractivity contribution is 0.0482. The fraction of sp³-hybridized carbons (Fsp3) is 0.895. The summed E-state index contributed by atoms with van der Waals surface area (Å²) in [5, 5.41) is 3.56. The molecule has 0 saturated carbocycles. The maximum absolute atomic E-state index is 6.08. The largest absolute Gasteiger partial charge is 0.381 e. The number of ether oxygens (including phenoxy) is 2. The van der Waals surface area contributed by atoms with Gasteiger partial charge in [0.15, 0.2) is 0 Å². The average molecular weight is 576 g/mol. The summed E-state index contributed by atoms with van der Waals surface area (Å²) >= 11 is 0. The van der Waals surface area contributed by atoms with Crippen molar-refractivity contribution in [1.82, 2.24) is 5.32 Å². The highest BCUT2D eigenvalue weighted by Crippen LogP contribution is 2.18. The molecule has 1 aliphatic heterocycles. The summed E-state index contributed by atoms with van der Waals surface area (Å²) in [6, 6.07) is 0. The zero-order chi connectivity index (χ0) is 29.3. The monoisotopic (exact) mass is 576 g/mol.